The normalized spacial score (nSPS) is 10.8. The van der Waals surface area contributed by atoms with E-state index in [0.717, 1.165) is 5.56 Å². The van der Waals surface area contributed by atoms with E-state index in [-0.39, 0.29) is 23.6 Å². The van der Waals surface area contributed by atoms with Crippen LogP contribution in [0.1, 0.15) is 15.9 Å². The molecule has 2 heterocycles. The van der Waals surface area contributed by atoms with Crippen LogP contribution in [-0.4, -0.2) is 28.0 Å². The number of halogens is 1. The number of nitrogens with two attached hydrogens (primary N) is 1. The van der Waals surface area contributed by atoms with Crippen LogP contribution in [0.4, 0.5) is 10.3 Å². The highest BCUT2D eigenvalue weighted by Gasteiger charge is 2.18. The molecule has 0 saturated carbocycles. The van der Waals surface area contributed by atoms with E-state index >= 15 is 0 Å². The molecule has 0 aliphatic rings. The zero-order valence-electron chi connectivity index (χ0n) is 15.3. The topological polar surface area (TPSA) is 116 Å². The first-order valence-electron chi connectivity index (χ1n) is 8.64. The molecule has 146 valence electrons. The third-order valence-electron chi connectivity index (χ3n) is 4.25. The van der Waals surface area contributed by atoms with Crippen molar-refractivity contribution in [3.05, 3.63) is 65.7 Å². The van der Waals surface area contributed by atoms with Crippen LogP contribution < -0.4 is 15.8 Å². The third kappa shape index (κ3) is 3.70. The minimum absolute atomic E-state index is 0.0762. The molecule has 0 aliphatic heterocycles. The van der Waals surface area contributed by atoms with Gasteiger partial charge >= 0.3 is 6.01 Å². The Morgan fingerprint density at radius 3 is 2.76 bits per heavy atom. The zero-order chi connectivity index (χ0) is 20.4. The molecule has 29 heavy (non-hydrogen) atoms. The van der Waals surface area contributed by atoms with E-state index in [1.165, 1.54) is 25.5 Å². The lowest BCUT2D eigenvalue weighted by atomic mass is 10.1. The maximum absolute atomic E-state index is 13.4. The summed E-state index contributed by atoms with van der Waals surface area (Å²) in [6.07, 6.45) is 1.43. The van der Waals surface area contributed by atoms with Crippen LogP contribution in [0.25, 0.3) is 22.4 Å². The fourth-order valence-electron chi connectivity index (χ4n) is 2.92. The number of ether oxygens (including phenoxy) is 1. The van der Waals surface area contributed by atoms with Gasteiger partial charge in [0.2, 0.25) is 17.7 Å². The Bertz CT molecular complexity index is 1210. The van der Waals surface area contributed by atoms with Crippen molar-refractivity contribution in [2.45, 2.75) is 6.54 Å². The third-order valence-corrected chi connectivity index (χ3v) is 4.25. The molecular formula is C20H16FN5O3. The second kappa shape index (κ2) is 7.55. The maximum Gasteiger partial charge on any atom is 0.321 e. The SMILES string of the molecule is COc1nc(NCc2cccc(F)c2)nc(-c2occ3c(C(N)=O)cccc23)n1. The number of carbonyl (C=O) groups is 1. The first-order valence-corrected chi connectivity index (χ1v) is 8.64. The number of benzene rings is 2. The van der Waals surface area contributed by atoms with Crippen LogP contribution in [0.5, 0.6) is 6.01 Å². The number of furan rings is 1. The quantitative estimate of drug-likeness (QED) is 0.517. The first-order chi connectivity index (χ1) is 14.0. The van der Waals surface area contributed by atoms with Gasteiger partial charge in [0.05, 0.1) is 12.7 Å². The van der Waals surface area contributed by atoms with Crippen molar-refractivity contribution >= 4 is 22.6 Å². The molecule has 9 heteroatoms. The Morgan fingerprint density at radius 1 is 1.17 bits per heavy atom. The zero-order valence-corrected chi connectivity index (χ0v) is 15.3. The maximum atomic E-state index is 13.4. The summed E-state index contributed by atoms with van der Waals surface area (Å²) in [4.78, 5) is 24.4. The van der Waals surface area contributed by atoms with Crippen molar-refractivity contribution in [3.8, 4) is 17.6 Å². The Kier molecular flexibility index (Phi) is 4.78. The van der Waals surface area contributed by atoms with Gasteiger partial charge in [0.25, 0.3) is 0 Å². The second-order valence-corrected chi connectivity index (χ2v) is 6.15. The average molecular weight is 393 g/mol. The van der Waals surface area contributed by atoms with Crippen molar-refractivity contribution in [1.29, 1.82) is 0 Å². The van der Waals surface area contributed by atoms with Crippen molar-refractivity contribution in [3.63, 3.8) is 0 Å². The Labute approximate surface area is 164 Å². The first kappa shape index (κ1) is 18.4. The standard InChI is InChI=1S/C20H16FN5O3/c1-28-20-25-18(16-13-6-3-7-14(17(22)27)15(13)10-29-16)24-19(26-20)23-9-11-4-2-5-12(21)8-11/h2-8,10H,9H2,1H3,(H2,22,27)(H,23,24,25,26). The predicted molar refractivity (Wildman–Crippen MR) is 104 cm³/mol. The van der Waals surface area contributed by atoms with Crippen LogP contribution in [0.15, 0.2) is 53.1 Å². The minimum atomic E-state index is -0.561. The van der Waals surface area contributed by atoms with Crippen LogP contribution in [-0.2, 0) is 6.54 Å². The molecule has 3 N–H and O–H groups in total. The van der Waals surface area contributed by atoms with Crippen LogP contribution in [0.3, 0.4) is 0 Å². The fourth-order valence-corrected chi connectivity index (χ4v) is 2.92. The summed E-state index contributed by atoms with van der Waals surface area (Å²) in [5, 5.41) is 4.21. The lowest BCUT2D eigenvalue weighted by Gasteiger charge is -2.08. The van der Waals surface area contributed by atoms with E-state index in [2.05, 4.69) is 20.3 Å². The number of rotatable bonds is 6. The van der Waals surface area contributed by atoms with E-state index in [1.807, 2.05) is 0 Å². The molecule has 0 atom stereocenters. The van der Waals surface area contributed by atoms with Crippen LogP contribution in [0.2, 0.25) is 0 Å². The van der Waals surface area contributed by atoms with Gasteiger partial charge in [-0.3, -0.25) is 4.79 Å². The predicted octanol–water partition coefficient (Wildman–Crippen LogP) is 3.14. The molecule has 2 aromatic carbocycles. The smallest absolute Gasteiger partial charge is 0.321 e. The van der Waals surface area contributed by atoms with Crippen LogP contribution in [0, 0.1) is 5.82 Å². The Hall–Kier alpha value is -4.01. The molecule has 4 aromatic rings. The summed E-state index contributed by atoms with van der Waals surface area (Å²) < 4.78 is 24.2. The largest absolute Gasteiger partial charge is 0.467 e. The summed E-state index contributed by atoms with van der Waals surface area (Å²) in [7, 11) is 1.43. The summed E-state index contributed by atoms with van der Waals surface area (Å²) >= 11 is 0. The molecular weight excluding hydrogens is 377 g/mol. The highest BCUT2D eigenvalue weighted by atomic mass is 19.1. The molecule has 0 radical (unpaired) electrons. The molecule has 4 rings (SSSR count). The lowest BCUT2D eigenvalue weighted by Crippen LogP contribution is -2.10. The number of carbonyl (C=O) groups excluding carboxylic acids is 1. The van der Waals surface area contributed by atoms with Gasteiger partial charge in [-0.05, 0) is 23.8 Å². The van der Waals surface area contributed by atoms with Crippen molar-refractivity contribution in [2.75, 3.05) is 12.4 Å². The summed E-state index contributed by atoms with van der Waals surface area (Å²) in [5.41, 5.74) is 6.48. The van der Waals surface area contributed by atoms with Gasteiger partial charge in [0, 0.05) is 17.3 Å². The Morgan fingerprint density at radius 2 is 2.00 bits per heavy atom. The monoisotopic (exact) mass is 393 g/mol. The van der Waals surface area contributed by atoms with Gasteiger partial charge in [0.15, 0.2) is 5.76 Å². The van der Waals surface area contributed by atoms with Crippen molar-refractivity contribution in [1.82, 2.24) is 15.0 Å². The van der Waals surface area contributed by atoms with Gasteiger partial charge in [-0.25, -0.2) is 4.39 Å². The number of nitrogens with one attached hydrogen (secondary N) is 1. The number of hydrogen-bond acceptors (Lipinski definition) is 7. The lowest BCUT2D eigenvalue weighted by molar-refractivity contribution is 0.100. The number of amides is 1. The Balaban J connectivity index is 1.71. The summed E-state index contributed by atoms with van der Waals surface area (Å²) in [6, 6.07) is 11.3. The van der Waals surface area contributed by atoms with Gasteiger partial charge < -0.3 is 20.2 Å². The van der Waals surface area contributed by atoms with Gasteiger partial charge in [-0.1, -0.05) is 24.3 Å². The van der Waals surface area contributed by atoms with E-state index in [4.69, 9.17) is 14.9 Å². The van der Waals surface area contributed by atoms with Crippen LogP contribution >= 0.6 is 0 Å². The minimum Gasteiger partial charge on any atom is -0.467 e. The van der Waals surface area contributed by atoms with Gasteiger partial charge in [-0.15, -0.1) is 0 Å². The highest BCUT2D eigenvalue weighted by Crippen LogP contribution is 2.31. The van der Waals surface area contributed by atoms with E-state index in [1.54, 1.807) is 30.3 Å². The molecule has 2 aromatic heterocycles. The molecule has 0 unspecified atom stereocenters. The van der Waals surface area contributed by atoms with E-state index in [9.17, 15) is 9.18 Å². The number of hydrogen-bond donors (Lipinski definition) is 2. The van der Waals surface area contributed by atoms with Crippen molar-refractivity contribution < 1.29 is 18.3 Å². The molecule has 0 aliphatic carbocycles. The average Bonchev–Trinajstić information content (AvgIpc) is 3.16. The highest BCUT2D eigenvalue weighted by molar-refractivity contribution is 6.08. The summed E-state index contributed by atoms with van der Waals surface area (Å²) in [5.74, 6) is -0.0984. The molecule has 0 spiro atoms. The molecule has 8 nitrogen and oxygen atoms in total. The van der Waals surface area contributed by atoms with Gasteiger partial charge in [0.1, 0.15) is 12.1 Å². The number of fused-ring (bicyclic) bond motifs is 1. The molecule has 0 fully saturated rings. The summed E-state index contributed by atoms with van der Waals surface area (Å²) in [6.45, 7) is 0.301. The number of methoxy groups -OCH3 is 1. The molecule has 0 saturated heterocycles. The fraction of sp³-hybridized carbons (Fsp3) is 0.100. The number of anilines is 1. The molecule has 1 amide bonds. The number of aromatic nitrogens is 3. The van der Waals surface area contributed by atoms with E-state index < -0.39 is 5.91 Å². The molecule has 0 bridgehead atoms. The number of nitrogens with zero attached hydrogens (tertiary/aromatic N) is 3. The van der Waals surface area contributed by atoms with Crippen molar-refractivity contribution in [2.24, 2.45) is 5.73 Å². The number of primary amides is 1. The van der Waals surface area contributed by atoms with E-state index in [0.29, 0.717) is 28.6 Å². The second-order valence-electron chi connectivity index (χ2n) is 6.15. The van der Waals surface area contributed by atoms with Gasteiger partial charge in [-0.2, -0.15) is 15.0 Å².